The molecule has 0 aromatic heterocycles. The Labute approximate surface area is 132 Å². The van der Waals surface area contributed by atoms with E-state index in [1.165, 1.54) is 4.90 Å². The highest BCUT2D eigenvalue weighted by Crippen LogP contribution is 2.36. The topological polar surface area (TPSA) is 15.3 Å². The van der Waals surface area contributed by atoms with E-state index in [4.69, 9.17) is 0 Å². The highest BCUT2D eigenvalue weighted by Gasteiger charge is 2.36. The van der Waals surface area contributed by atoms with Crippen molar-refractivity contribution in [2.75, 3.05) is 26.2 Å². The normalized spacial score (nSPS) is 18.0. The van der Waals surface area contributed by atoms with E-state index < -0.39 is 59.7 Å². The van der Waals surface area contributed by atoms with Gasteiger partial charge in [-0.25, -0.2) is 22.0 Å². The van der Waals surface area contributed by atoms with Crippen molar-refractivity contribution in [3.8, 4) is 0 Å². The van der Waals surface area contributed by atoms with Gasteiger partial charge in [0.15, 0.2) is 23.3 Å². The van der Waals surface area contributed by atoms with Gasteiger partial charge in [0.25, 0.3) is 0 Å². The van der Waals surface area contributed by atoms with Gasteiger partial charge in [0, 0.05) is 44.2 Å². The smallest absolute Gasteiger partial charge is 0.314 e. The standard InChI is InChI=1S/C14H14F8N2/c15-9-8(10(16)12(18)13(19)11(9)17)7(1-2-14(20,21)22)24-5-3-23-4-6-24/h7,23H,1-6H2/t7-/m0/s1. The van der Waals surface area contributed by atoms with Gasteiger partial charge in [0.2, 0.25) is 5.82 Å². The molecular formula is C14H14F8N2. The fourth-order valence-corrected chi connectivity index (χ4v) is 2.72. The van der Waals surface area contributed by atoms with Crippen LogP contribution in [0.4, 0.5) is 35.1 Å². The number of halogens is 8. The van der Waals surface area contributed by atoms with Crippen LogP contribution in [0.5, 0.6) is 0 Å². The van der Waals surface area contributed by atoms with Crippen molar-refractivity contribution < 1.29 is 35.1 Å². The van der Waals surface area contributed by atoms with Crippen LogP contribution in [0.25, 0.3) is 0 Å². The monoisotopic (exact) mass is 362 g/mol. The van der Waals surface area contributed by atoms with Gasteiger partial charge in [0.1, 0.15) is 0 Å². The SMILES string of the molecule is Fc1c(F)c(F)c([C@H](CCC(F)(F)F)N2CCNCC2)c(F)c1F. The third kappa shape index (κ3) is 3.97. The number of nitrogens with one attached hydrogen (secondary N) is 1. The predicted octanol–water partition coefficient (Wildman–Crippen LogP) is 3.67. The molecule has 0 amide bonds. The fraction of sp³-hybridized carbons (Fsp3) is 0.571. The van der Waals surface area contributed by atoms with Crippen molar-refractivity contribution in [1.29, 1.82) is 0 Å². The van der Waals surface area contributed by atoms with E-state index in [0.29, 0.717) is 13.1 Å². The molecule has 1 aliphatic heterocycles. The second kappa shape index (κ2) is 7.22. The summed E-state index contributed by atoms with van der Waals surface area (Å²) in [6, 6.07) is -1.56. The quantitative estimate of drug-likeness (QED) is 0.500. The second-order valence-corrected chi connectivity index (χ2v) is 5.44. The summed E-state index contributed by atoms with van der Waals surface area (Å²) in [5.41, 5.74) is -1.21. The Morgan fingerprint density at radius 2 is 1.29 bits per heavy atom. The molecule has 0 saturated carbocycles. The molecule has 1 aromatic carbocycles. The van der Waals surface area contributed by atoms with Crippen molar-refractivity contribution in [2.45, 2.75) is 25.1 Å². The van der Waals surface area contributed by atoms with Crippen LogP contribution >= 0.6 is 0 Å². The summed E-state index contributed by atoms with van der Waals surface area (Å²) >= 11 is 0. The zero-order valence-corrected chi connectivity index (χ0v) is 12.3. The van der Waals surface area contributed by atoms with Crippen LogP contribution in [-0.2, 0) is 0 Å². The molecule has 2 nitrogen and oxygen atoms in total. The van der Waals surface area contributed by atoms with Gasteiger partial charge in [-0.05, 0) is 6.42 Å². The van der Waals surface area contributed by atoms with Crippen molar-refractivity contribution in [3.05, 3.63) is 34.6 Å². The summed E-state index contributed by atoms with van der Waals surface area (Å²) in [6.45, 7) is 0.917. The molecule has 136 valence electrons. The highest BCUT2D eigenvalue weighted by atomic mass is 19.4. The Morgan fingerprint density at radius 1 is 0.833 bits per heavy atom. The largest absolute Gasteiger partial charge is 0.389 e. The molecule has 1 saturated heterocycles. The third-order valence-corrected chi connectivity index (χ3v) is 3.87. The van der Waals surface area contributed by atoms with Gasteiger partial charge in [-0.3, -0.25) is 4.90 Å². The van der Waals surface area contributed by atoms with Crippen LogP contribution in [0.15, 0.2) is 0 Å². The maximum Gasteiger partial charge on any atom is 0.389 e. The number of alkyl halides is 3. The number of hydrogen-bond donors (Lipinski definition) is 1. The first-order chi connectivity index (χ1) is 11.1. The van der Waals surface area contributed by atoms with E-state index in [1.54, 1.807) is 0 Å². The zero-order valence-electron chi connectivity index (χ0n) is 12.3. The Hall–Kier alpha value is -1.42. The van der Waals surface area contributed by atoms with Gasteiger partial charge in [0.05, 0.1) is 0 Å². The maximum atomic E-state index is 14.0. The minimum Gasteiger partial charge on any atom is -0.314 e. The van der Waals surface area contributed by atoms with Gasteiger partial charge >= 0.3 is 6.18 Å². The first-order valence-electron chi connectivity index (χ1n) is 7.16. The van der Waals surface area contributed by atoms with E-state index in [2.05, 4.69) is 5.32 Å². The molecule has 0 unspecified atom stereocenters. The summed E-state index contributed by atoms with van der Waals surface area (Å²) in [5, 5.41) is 2.89. The van der Waals surface area contributed by atoms with Crippen molar-refractivity contribution in [2.24, 2.45) is 0 Å². The van der Waals surface area contributed by atoms with Crippen LogP contribution in [0.2, 0.25) is 0 Å². The average molecular weight is 362 g/mol. The fourth-order valence-electron chi connectivity index (χ4n) is 2.72. The molecule has 1 heterocycles. The van der Waals surface area contributed by atoms with Gasteiger partial charge in [-0.1, -0.05) is 0 Å². The van der Waals surface area contributed by atoms with Gasteiger partial charge in [-0.2, -0.15) is 13.2 Å². The molecule has 0 radical (unpaired) electrons. The van der Waals surface area contributed by atoms with E-state index >= 15 is 0 Å². The summed E-state index contributed by atoms with van der Waals surface area (Å²) in [7, 11) is 0. The number of rotatable bonds is 4. The summed E-state index contributed by atoms with van der Waals surface area (Å²) < 4.78 is 105. The van der Waals surface area contributed by atoms with Crippen molar-refractivity contribution in [3.63, 3.8) is 0 Å². The van der Waals surface area contributed by atoms with Crippen molar-refractivity contribution in [1.82, 2.24) is 10.2 Å². The average Bonchev–Trinajstić information content (AvgIpc) is 2.54. The minimum atomic E-state index is -4.61. The Kier molecular flexibility index (Phi) is 5.69. The molecule has 1 fully saturated rings. The van der Waals surface area contributed by atoms with Crippen LogP contribution in [0.3, 0.4) is 0 Å². The Morgan fingerprint density at radius 3 is 1.75 bits per heavy atom. The van der Waals surface area contributed by atoms with Crippen LogP contribution < -0.4 is 5.32 Å². The Bertz CT molecular complexity index is 566. The van der Waals surface area contributed by atoms with Crippen LogP contribution in [0, 0.1) is 29.1 Å². The first-order valence-corrected chi connectivity index (χ1v) is 7.16. The minimum absolute atomic E-state index is 0.127. The number of hydrogen-bond acceptors (Lipinski definition) is 2. The summed E-state index contributed by atoms with van der Waals surface area (Å²) in [4.78, 5) is 1.29. The first kappa shape index (κ1) is 18.9. The lowest BCUT2D eigenvalue weighted by atomic mass is 9.97. The number of piperazine rings is 1. The molecule has 10 heteroatoms. The molecule has 0 aliphatic carbocycles. The predicted molar refractivity (Wildman–Crippen MR) is 68.7 cm³/mol. The lowest BCUT2D eigenvalue weighted by Crippen LogP contribution is -2.45. The molecule has 1 N–H and O–H groups in total. The molecule has 1 aliphatic rings. The lowest BCUT2D eigenvalue weighted by Gasteiger charge is -2.35. The molecule has 24 heavy (non-hydrogen) atoms. The third-order valence-electron chi connectivity index (χ3n) is 3.87. The Balaban J connectivity index is 2.46. The summed E-state index contributed by atoms with van der Waals surface area (Å²) in [5.74, 6) is -10.8. The second-order valence-electron chi connectivity index (χ2n) is 5.44. The van der Waals surface area contributed by atoms with E-state index in [1.807, 2.05) is 0 Å². The molecule has 0 bridgehead atoms. The number of nitrogens with zero attached hydrogens (tertiary/aromatic N) is 1. The van der Waals surface area contributed by atoms with E-state index in [9.17, 15) is 35.1 Å². The molecular weight excluding hydrogens is 348 g/mol. The maximum absolute atomic E-state index is 14.0. The van der Waals surface area contributed by atoms with E-state index in [0.717, 1.165) is 0 Å². The van der Waals surface area contributed by atoms with Crippen LogP contribution in [0.1, 0.15) is 24.4 Å². The summed E-state index contributed by atoms with van der Waals surface area (Å²) in [6.07, 6.45) is -6.82. The van der Waals surface area contributed by atoms with Crippen molar-refractivity contribution >= 4 is 0 Å². The number of benzene rings is 1. The molecule has 0 spiro atoms. The van der Waals surface area contributed by atoms with Crippen LogP contribution in [-0.4, -0.2) is 37.3 Å². The van der Waals surface area contributed by atoms with E-state index in [-0.39, 0.29) is 13.1 Å². The molecule has 1 aromatic rings. The van der Waals surface area contributed by atoms with Gasteiger partial charge < -0.3 is 5.32 Å². The zero-order chi connectivity index (χ0) is 18.1. The molecule has 2 rings (SSSR count). The molecule has 1 atom stereocenters. The lowest BCUT2D eigenvalue weighted by molar-refractivity contribution is -0.138. The van der Waals surface area contributed by atoms with Gasteiger partial charge in [-0.15, -0.1) is 0 Å². The highest BCUT2D eigenvalue weighted by molar-refractivity contribution is 5.27.